The van der Waals surface area contributed by atoms with Crippen LogP contribution in [0.3, 0.4) is 0 Å². The van der Waals surface area contributed by atoms with Crippen LogP contribution in [0.4, 0.5) is 11.6 Å². The molecule has 152 valence electrons. The molecule has 0 aliphatic carbocycles. The largest absolute Gasteiger partial charge is 0.342 e. The number of H-pyrrole nitrogens is 1. The number of nitrogens with zero attached hydrogens (tertiary/aromatic N) is 3. The fourth-order valence-corrected chi connectivity index (χ4v) is 3.59. The van der Waals surface area contributed by atoms with Gasteiger partial charge in [0.1, 0.15) is 5.82 Å². The summed E-state index contributed by atoms with van der Waals surface area (Å²) in [6, 6.07) is 16.7. The van der Waals surface area contributed by atoms with Gasteiger partial charge in [0.25, 0.3) is 5.91 Å². The van der Waals surface area contributed by atoms with Crippen molar-refractivity contribution in [1.29, 1.82) is 0 Å². The molecular weight excluding hydrogens is 396 g/mol. The van der Waals surface area contributed by atoms with Crippen molar-refractivity contribution in [3.8, 4) is 0 Å². The number of hydrogen-bond acceptors (Lipinski definition) is 6. The molecule has 0 saturated heterocycles. The SMILES string of the molecule is CSCC[C@@H](NC(=O)c1cccc(Nc2ncccn2)c1)c1nc2ccccc2[nH]1. The highest BCUT2D eigenvalue weighted by Gasteiger charge is 2.19. The Bertz CT molecular complexity index is 1100. The van der Waals surface area contributed by atoms with Crippen LogP contribution in [0.25, 0.3) is 11.0 Å². The zero-order valence-electron chi connectivity index (χ0n) is 16.5. The lowest BCUT2D eigenvalue weighted by molar-refractivity contribution is 0.0934. The first-order chi connectivity index (χ1) is 14.7. The number of rotatable bonds is 8. The summed E-state index contributed by atoms with van der Waals surface area (Å²) in [5, 5.41) is 6.24. The van der Waals surface area contributed by atoms with Crippen molar-refractivity contribution < 1.29 is 4.79 Å². The molecule has 0 radical (unpaired) electrons. The number of aromatic amines is 1. The van der Waals surface area contributed by atoms with E-state index in [0.717, 1.165) is 34.7 Å². The lowest BCUT2D eigenvalue weighted by Crippen LogP contribution is -2.29. The number of carbonyl (C=O) groups excluding carboxylic acids is 1. The third kappa shape index (κ3) is 4.77. The molecule has 1 amide bonds. The van der Waals surface area contributed by atoms with E-state index in [9.17, 15) is 4.79 Å². The van der Waals surface area contributed by atoms with Gasteiger partial charge in [-0.2, -0.15) is 11.8 Å². The lowest BCUT2D eigenvalue weighted by Gasteiger charge is -2.17. The third-order valence-electron chi connectivity index (χ3n) is 4.60. The summed E-state index contributed by atoms with van der Waals surface area (Å²) in [7, 11) is 0. The van der Waals surface area contributed by atoms with Crippen LogP contribution in [0.5, 0.6) is 0 Å². The number of imidazole rings is 1. The highest BCUT2D eigenvalue weighted by Crippen LogP contribution is 2.21. The highest BCUT2D eigenvalue weighted by atomic mass is 32.2. The predicted molar refractivity (Wildman–Crippen MR) is 121 cm³/mol. The van der Waals surface area contributed by atoms with Gasteiger partial charge in [-0.3, -0.25) is 4.79 Å². The molecule has 3 N–H and O–H groups in total. The van der Waals surface area contributed by atoms with Crippen molar-refractivity contribution in [3.05, 3.63) is 78.4 Å². The number of carbonyl (C=O) groups is 1. The van der Waals surface area contributed by atoms with Crippen molar-refractivity contribution in [2.45, 2.75) is 12.5 Å². The molecule has 0 unspecified atom stereocenters. The second-order valence-electron chi connectivity index (χ2n) is 6.72. The zero-order chi connectivity index (χ0) is 20.8. The first-order valence-corrected chi connectivity index (χ1v) is 11.0. The van der Waals surface area contributed by atoms with Crippen molar-refractivity contribution in [2.24, 2.45) is 0 Å². The number of aromatic nitrogens is 4. The third-order valence-corrected chi connectivity index (χ3v) is 5.24. The van der Waals surface area contributed by atoms with Gasteiger partial charge in [-0.1, -0.05) is 18.2 Å². The van der Waals surface area contributed by atoms with Crippen LogP contribution < -0.4 is 10.6 Å². The molecule has 2 aromatic heterocycles. The molecular formula is C22H22N6OS. The van der Waals surface area contributed by atoms with Crippen LogP contribution in [0, 0.1) is 0 Å². The molecule has 0 aliphatic heterocycles. The topological polar surface area (TPSA) is 95.6 Å². The van der Waals surface area contributed by atoms with Crippen molar-refractivity contribution in [1.82, 2.24) is 25.3 Å². The molecule has 0 spiro atoms. The molecule has 2 heterocycles. The summed E-state index contributed by atoms with van der Waals surface area (Å²) in [6.45, 7) is 0. The summed E-state index contributed by atoms with van der Waals surface area (Å²) >= 11 is 1.74. The number of anilines is 2. The maximum atomic E-state index is 13.0. The fourth-order valence-electron chi connectivity index (χ4n) is 3.12. The Morgan fingerprint density at radius 1 is 1.10 bits per heavy atom. The van der Waals surface area contributed by atoms with Crippen molar-refractivity contribution in [2.75, 3.05) is 17.3 Å². The Balaban J connectivity index is 1.52. The van der Waals surface area contributed by atoms with E-state index in [1.54, 1.807) is 42.4 Å². The van der Waals surface area contributed by atoms with Gasteiger partial charge in [-0.05, 0) is 54.8 Å². The van der Waals surface area contributed by atoms with Crippen LogP contribution in [0.1, 0.15) is 28.6 Å². The van der Waals surface area contributed by atoms with Gasteiger partial charge < -0.3 is 15.6 Å². The van der Waals surface area contributed by atoms with E-state index in [2.05, 4.69) is 36.8 Å². The van der Waals surface area contributed by atoms with Gasteiger partial charge in [0, 0.05) is 23.6 Å². The minimum atomic E-state index is -0.202. The van der Waals surface area contributed by atoms with E-state index in [1.807, 2.05) is 36.4 Å². The van der Waals surface area contributed by atoms with Gasteiger partial charge in [0.05, 0.1) is 17.1 Å². The summed E-state index contributed by atoms with van der Waals surface area (Å²) in [5.41, 5.74) is 3.16. The highest BCUT2D eigenvalue weighted by molar-refractivity contribution is 7.98. The van der Waals surface area contributed by atoms with Gasteiger partial charge in [-0.25, -0.2) is 15.0 Å². The summed E-state index contributed by atoms with van der Waals surface area (Å²) in [5.74, 6) is 2.01. The van der Waals surface area contributed by atoms with Gasteiger partial charge in [0.15, 0.2) is 0 Å². The Hall–Kier alpha value is -3.39. The Labute approximate surface area is 178 Å². The number of benzene rings is 2. The molecule has 0 aliphatic rings. The molecule has 0 bridgehead atoms. The molecule has 30 heavy (non-hydrogen) atoms. The average molecular weight is 419 g/mol. The second-order valence-corrected chi connectivity index (χ2v) is 7.71. The standard InChI is InChI=1S/C22H22N6OS/c1-30-13-10-19(20-26-17-8-2-3-9-18(17)27-20)28-21(29)15-6-4-7-16(14-15)25-22-23-11-5-12-24-22/h2-9,11-12,14,19H,10,13H2,1H3,(H,26,27)(H,28,29)(H,23,24,25)/t19-/m1/s1. The number of nitrogens with one attached hydrogen (secondary N) is 3. The van der Waals surface area contributed by atoms with Crippen LogP contribution in [-0.2, 0) is 0 Å². The molecule has 4 rings (SSSR count). The lowest BCUT2D eigenvalue weighted by atomic mass is 10.1. The molecule has 8 heteroatoms. The minimum Gasteiger partial charge on any atom is -0.342 e. The first kappa shape index (κ1) is 19.9. The van der Waals surface area contributed by atoms with Gasteiger partial charge >= 0.3 is 0 Å². The smallest absolute Gasteiger partial charge is 0.251 e. The van der Waals surface area contributed by atoms with Gasteiger partial charge in [0.2, 0.25) is 5.95 Å². The molecule has 7 nitrogen and oxygen atoms in total. The number of hydrogen-bond donors (Lipinski definition) is 3. The van der Waals surface area contributed by atoms with Crippen LogP contribution >= 0.6 is 11.8 Å². The summed E-state index contributed by atoms with van der Waals surface area (Å²) in [6.07, 6.45) is 6.16. The molecule has 2 aromatic carbocycles. The Kier molecular flexibility index (Phi) is 6.24. The average Bonchev–Trinajstić information content (AvgIpc) is 3.21. The van der Waals surface area contributed by atoms with E-state index in [0.29, 0.717) is 11.5 Å². The summed E-state index contributed by atoms with van der Waals surface area (Å²) < 4.78 is 0. The maximum absolute atomic E-state index is 13.0. The molecule has 1 atom stereocenters. The van der Waals surface area contributed by atoms with E-state index in [1.165, 1.54) is 0 Å². The van der Waals surface area contributed by atoms with Crippen LogP contribution in [0.2, 0.25) is 0 Å². The first-order valence-electron chi connectivity index (χ1n) is 9.61. The van der Waals surface area contributed by atoms with Crippen molar-refractivity contribution >= 4 is 40.3 Å². The van der Waals surface area contributed by atoms with Crippen molar-refractivity contribution in [3.63, 3.8) is 0 Å². The predicted octanol–water partition coefficient (Wildman–Crippen LogP) is 4.32. The normalized spacial score (nSPS) is 11.9. The monoisotopic (exact) mass is 418 g/mol. The van der Waals surface area contributed by atoms with E-state index in [4.69, 9.17) is 0 Å². The quantitative estimate of drug-likeness (QED) is 0.394. The van der Waals surface area contributed by atoms with Crippen LogP contribution in [0.15, 0.2) is 67.0 Å². The van der Waals surface area contributed by atoms with E-state index >= 15 is 0 Å². The second kappa shape index (κ2) is 9.41. The minimum absolute atomic E-state index is 0.154. The molecule has 0 fully saturated rings. The number of fused-ring (bicyclic) bond motifs is 1. The van der Waals surface area contributed by atoms with E-state index in [-0.39, 0.29) is 11.9 Å². The Morgan fingerprint density at radius 3 is 2.73 bits per heavy atom. The van der Waals surface area contributed by atoms with Crippen LogP contribution in [-0.4, -0.2) is 37.9 Å². The van der Waals surface area contributed by atoms with E-state index < -0.39 is 0 Å². The maximum Gasteiger partial charge on any atom is 0.251 e. The number of amides is 1. The van der Waals surface area contributed by atoms with Gasteiger partial charge in [-0.15, -0.1) is 0 Å². The fraction of sp³-hybridized carbons (Fsp3) is 0.182. The molecule has 0 saturated carbocycles. The number of para-hydroxylation sites is 2. The number of thioether (sulfide) groups is 1. The zero-order valence-corrected chi connectivity index (χ0v) is 17.3. The Morgan fingerprint density at radius 2 is 1.93 bits per heavy atom. The molecule has 4 aromatic rings. The summed E-state index contributed by atoms with van der Waals surface area (Å²) in [4.78, 5) is 29.3.